The van der Waals surface area contributed by atoms with Crippen LogP contribution in [-0.2, 0) is 0 Å². The summed E-state index contributed by atoms with van der Waals surface area (Å²) in [5, 5.41) is 0. The van der Waals surface area contributed by atoms with Crippen molar-refractivity contribution in [3.63, 3.8) is 0 Å². The summed E-state index contributed by atoms with van der Waals surface area (Å²) in [4.78, 5) is 12.2. The Morgan fingerprint density at radius 2 is 1.44 bits per heavy atom. The minimum atomic E-state index is -4.56. The van der Waals surface area contributed by atoms with Crippen LogP contribution in [0.1, 0.15) is 0 Å². The molecule has 18 heavy (non-hydrogen) atoms. The van der Waals surface area contributed by atoms with E-state index in [1.54, 1.807) is 24.3 Å². The fourth-order valence-corrected chi connectivity index (χ4v) is 3.51. The van der Waals surface area contributed by atoms with Crippen LogP contribution in [0.2, 0.25) is 0 Å². The molecule has 3 aromatic rings. The highest BCUT2D eigenvalue weighted by Gasteiger charge is 2.26. The quantitative estimate of drug-likeness (QED) is 0.595. The fourth-order valence-electron chi connectivity index (χ4n) is 1.44. The van der Waals surface area contributed by atoms with Gasteiger partial charge in [-0.15, -0.1) is 13.2 Å². The van der Waals surface area contributed by atoms with E-state index in [0.29, 0.717) is 20.7 Å². The lowest BCUT2D eigenvalue weighted by atomic mass is 10.3. The van der Waals surface area contributed by atoms with Crippen LogP contribution in [0.3, 0.4) is 0 Å². The number of benzene rings is 1. The van der Waals surface area contributed by atoms with E-state index in [9.17, 15) is 13.2 Å². The van der Waals surface area contributed by atoms with Crippen molar-refractivity contribution in [2.75, 3.05) is 0 Å². The first-order valence-corrected chi connectivity index (χ1v) is 6.44. The van der Waals surface area contributed by atoms with Crippen molar-refractivity contribution in [2.24, 2.45) is 4.99 Å². The Labute approximate surface area is 106 Å². The van der Waals surface area contributed by atoms with Gasteiger partial charge >= 0.3 is 6.30 Å². The third-order valence-corrected chi connectivity index (χ3v) is 4.21. The van der Waals surface area contributed by atoms with Crippen LogP contribution in [0, 0.1) is 0 Å². The third kappa shape index (κ3) is 2.21. The zero-order chi connectivity index (χ0) is 12.8. The SMILES string of the molecule is FC(F)(F)N=c1sc2nc3ccccc3nc2s1. The molecule has 0 saturated heterocycles. The number of para-hydroxylation sites is 2. The molecule has 0 aliphatic rings. The monoisotopic (exact) mass is 287 g/mol. The summed E-state index contributed by atoms with van der Waals surface area (Å²) in [6.45, 7) is 0. The Hall–Kier alpha value is -1.54. The predicted octanol–water partition coefficient (Wildman–Crippen LogP) is 3.33. The van der Waals surface area contributed by atoms with Crippen molar-refractivity contribution in [2.45, 2.75) is 6.30 Å². The van der Waals surface area contributed by atoms with E-state index >= 15 is 0 Å². The van der Waals surface area contributed by atoms with Crippen LogP contribution >= 0.6 is 22.7 Å². The summed E-state index contributed by atoms with van der Waals surface area (Å²) >= 11 is 1.79. The molecule has 0 radical (unpaired) electrons. The lowest BCUT2D eigenvalue weighted by molar-refractivity contribution is -0.122. The van der Waals surface area contributed by atoms with Crippen LogP contribution in [0.5, 0.6) is 0 Å². The van der Waals surface area contributed by atoms with Gasteiger partial charge in [-0.25, -0.2) is 9.97 Å². The first-order valence-electron chi connectivity index (χ1n) is 4.80. The van der Waals surface area contributed by atoms with E-state index in [2.05, 4.69) is 15.0 Å². The maximum atomic E-state index is 12.2. The molecule has 1 aromatic carbocycles. The normalized spacial score (nSPS) is 12.2. The van der Waals surface area contributed by atoms with Crippen LogP contribution in [0.15, 0.2) is 29.3 Å². The van der Waals surface area contributed by atoms with Crippen LogP contribution in [0.4, 0.5) is 13.2 Å². The Balaban J connectivity index is 2.29. The van der Waals surface area contributed by atoms with Crippen molar-refractivity contribution in [1.29, 1.82) is 0 Å². The highest BCUT2D eigenvalue weighted by Crippen LogP contribution is 2.22. The van der Waals surface area contributed by atoms with E-state index in [4.69, 9.17) is 0 Å². The minimum Gasteiger partial charge on any atom is -0.233 e. The Morgan fingerprint density at radius 3 is 1.89 bits per heavy atom. The lowest BCUT2D eigenvalue weighted by Gasteiger charge is -1.93. The Morgan fingerprint density at radius 1 is 0.944 bits per heavy atom. The first-order chi connectivity index (χ1) is 8.51. The van der Waals surface area contributed by atoms with Crippen LogP contribution < -0.4 is 3.98 Å². The van der Waals surface area contributed by atoms with Crippen molar-refractivity contribution in [1.82, 2.24) is 9.97 Å². The van der Waals surface area contributed by atoms with Gasteiger partial charge in [0, 0.05) is 0 Å². The Kier molecular flexibility index (Phi) is 2.56. The van der Waals surface area contributed by atoms with Gasteiger partial charge in [0.1, 0.15) is 0 Å². The molecule has 0 amide bonds. The van der Waals surface area contributed by atoms with E-state index < -0.39 is 6.30 Å². The second-order valence-electron chi connectivity index (χ2n) is 3.37. The summed E-state index contributed by atoms with van der Waals surface area (Å²) in [5.41, 5.74) is 1.33. The third-order valence-electron chi connectivity index (χ3n) is 2.09. The molecule has 0 unspecified atom stereocenters. The highest BCUT2D eigenvalue weighted by molar-refractivity contribution is 7.35. The number of nitrogens with zero attached hydrogens (tertiary/aromatic N) is 3. The average Bonchev–Trinajstić information content (AvgIpc) is 2.63. The molecule has 0 N–H and O–H groups in total. The smallest absolute Gasteiger partial charge is 0.233 e. The van der Waals surface area contributed by atoms with E-state index in [-0.39, 0.29) is 3.98 Å². The number of rotatable bonds is 0. The summed E-state index contributed by atoms with van der Waals surface area (Å²) in [6, 6.07) is 7.15. The predicted molar refractivity (Wildman–Crippen MR) is 64.4 cm³/mol. The number of halogens is 3. The van der Waals surface area contributed by atoms with Crippen LogP contribution in [0.25, 0.3) is 20.7 Å². The summed E-state index contributed by atoms with van der Waals surface area (Å²) in [5.74, 6) is 0. The summed E-state index contributed by atoms with van der Waals surface area (Å²) in [7, 11) is 0. The molecular weight excluding hydrogens is 283 g/mol. The largest absolute Gasteiger partial charge is 0.505 e. The van der Waals surface area contributed by atoms with E-state index in [0.717, 1.165) is 22.7 Å². The van der Waals surface area contributed by atoms with Crippen molar-refractivity contribution < 1.29 is 13.2 Å². The second kappa shape index (κ2) is 3.99. The maximum absolute atomic E-state index is 12.2. The first kappa shape index (κ1) is 11.5. The number of fused-ring (bicyclic) bond motifs is 2. The molecule has 2 aromatic heterocycles. The molecule has 0 aliphatic carbocycles. The topological polar surface area (TPSA) is 38.1 Å². The van der Waals surface area contributed by atoms with Gasteiger partial charge in [-0.2, -0.15) is 4.99 Å². The van der Waals surface area contributed by atoms with Crippen LogP contribution in [-0.4, -0.2) is 16.3 Å². The van der Waals surface area contributed by atoms with Gasteiger partial charge in [0.25, 0.3) is 0 Å². The zero-order valence-corrected chi connectivity index (χ0v) is 10.2. The van der Waals surface area contributed by atoms with Crippen molar-refractivity contribution in [3.8, 4) is 0 Å². The van der Waals surface area contributed by atoms with Crippen molar-refractivity contribution >= 4 is 43.4 Å². The number of alkyl halides is 3. The molecule has 8 heteroatoms. The zero-order valence-electron chi connectivity index (χ0n) is 8.60. The van der Waals surface area contributed by atoms with Crippen molar-refractivity contribution in [3.05, 3.63) is 28.3 Å². The molecule has 0 fully saturated rings. The van der Waals surface area contributed by atoms with Gasteiger partial charge in [0.2, 0.25) is 0 Å². The van der Waals surface area contributed by atoms with Gasteiger partial charge in [-0.05, 0) is 12.1 Å². The molecule has 3 rings (SSSR count). The molecule has 92 valence electrons. The van der Waals surface area contributed by atoms with E-state index in [1.807, 2.05) is 0 Å². The Bertz CT molecular complexity index is 733. The molecule has 0 saturated carbocycles. The highest BCUT2D eigenvalue weighted by atomic mass is 32.2. The molecular formula is C10H4F3N3S2. The molecule has 0 spiro atoms. The molecule has 0 atom stereocenters. The molecule has 2 heterocycles. The summed E-state index contributed by atoms with van der Waals surface area (Å²) in [6.07, 6.45) is -4.56. The van der Waals surface area contributed by atoms with Gasteiger partial charge in [0.15, 0.2) is 13.6 Å². The number of hydrogen-bond donors (Lipinski definition) is 0. The average molecular weight is 287 g/mol. The van der Waals surface area contributed by atoms with Gasteiger partial charge < -0.3 is 0 Å². The van der Waals surface area contributed by atoms with Gasteiger partial charge in [-0.3, -0.25) is 0 Å². The van der Waals surface area contributed by atoms with Gasteiger partial charge in [-0.1, -0.05) is 34.8 Å². The fraction of sp³-hybridized carbons (Fsp3) is 0.100. The van der Waals surface area contributed by atoms with E-state index in [1.165, 1.54) is 0 Å². The van der Waals surface area contributed by atoms with Gasteiger partial charge in [0.05, 0.1) is 11.0 Å². The minimum absolute atomic E-state index is 0.0900. The lowest BCUT2D eigenvalue weighted by Crippen LogP contribution is -2.06. The standard InChI is InChI=1S/C10H4F3N3S2/c11-10(12,13)16-9-17-7-8(18-9)15-6-4-2-1-3-5(6)14-7/h1-4H. The maximum Gasteiger partial charge on any atom is 0.505 e. The molecule has 3 nitrogen and oxygen atoms in total. The summed E-state index contributed by atoms with van der Waals surface area (Å²) < 4.78 is 36.4. The number of hydrogen-bond acceptors (Lipinski definition) is 5. The molecule has 0 aliphatic heterocycles. The number of aromatic nitrogens is 2. The second-order valence-corrected chi connectivity index (χ2v) is 5.59. The molecule has 0 bridgehead atoms.